The SMILES string of the molecule is Cc1ccc(S(=O)(=O)Nc2ccc(Cl)c(Cl)c2)cc1C(N)=O. The number of carbonyl (C=O) groups is 1. The topological polar surface area (TPSA) is 89.3 Å². The van der Waals surface area contributed by atoms with E-state index in [1.807, 2.05) is 0 Å². The highest BCUT2D eigenvalue weighted by Crippen LogP contribution is 2.26. The molecule has 0 aromatic heterocycles. The average molecular weight is 359 g/mol. The van der Waals surface area contributed by atoms with Crippen LogP contribution >= 0.6 is 23.2 Å². The molecule has 0 aliphatic rings. The van der Waals surface area contributed by atoms with Gasteiger partial charge in [0.25, 0.3) is 10.0 Å². The van der Waals surface area contributed by atoms with E-state index in [0.717, 1.165) is 0 Å². The molecule has 8 heteroatoms. The second kappa shape index (κ2) is 6.16. The Morgan fingerprint density at radius 2 is 1.77 bits per heavy atom. The van der Waals surface area contributed by atoms with Crippen LogP contribution in [0.3, 0.4) is 0 Å². The predicted octanol–water partition coefficient (Wildman–Crippen LogP) is 3.20. The number of aryl methyl sites for hydroxylation is 1. The second-order valence-corrected chi connectivity index (χ2v) is 7.07. The fraction of sp³-hybridized carbons (Fsp3) is 0.0714. The first kappa shape index (κ1) is 16.6. The fourth-order valence-corrected chi connectivity index (χ4v) is 3.18. The number of nitrogens with one attached hydrogen (secondary N) is 1. The van der Waals surface area contributed by atoms with Crippen LogP contribution in [0.15, 0.2) is 41.3 Å². The standard InChI is InChI=1S/C14H12Cl2N2O3S/c1-8-2-4-10(7-11(8)14(17)19)22(20,21)18-9-3-5-12(15)13(16)6-9/h2-7,18H,1H3,(H2,17,19). The summed E-state index contributed by atoms with van der Waals surface area (Å²) in [4.78, 5) is 11.2. The van der Waals surface area contributed by atoms with Crippen LogP contribution in [0.25, 0.3) is 0 Å². The molecule has 0 spiro atoms. The van der Waals surface area contributed by atoms with E-state index in [1.165, 1.54) is 36.4 Å². The number of amides is 1. The van der Waals surface area contributed by atoms with E-state index in [9.17, 15) is 13.2 Å². The smallest absolute Gasteiger partial charge is 0.261 e. The molecule has 0 bridgehead atoms. The minimum absolute atomic E-state index is 0.0713. The quantitative estimate of drug-likeness (QED) is 0.879. The molecule has 5 nitrogen and oxygen atoms in total. The van der Waals surface area contributed by atoms with Gasteiger partial charge in [-0.05, 0) is 42.8 Å². The highest BCUT2D eigenvalue weighted by Gasteiger charge is 2.17. The molecule has 0 heterocycles. The zero-order valence-corrected chi connectivity index (χ0v) is 13.8. The number of rotatable bonds is 4. The molecule has 0 radical (unpaired) electrons. The van der Waals surface area contributed by atoms with Gasteiger partial charge in [0.05, 0.1) is 20.6 Å². The fourth-order valence-electron chi connectivity index (χ4n) is 1.81. The van der Waals surface area contributed by atoms with Crippen molar-refractivity contribution in [3.63, 3.8) is 0 Å². The molecule has 1 amide bonds. The number of nitrogens with two attached hydrogens (primary N) is 1. The molecular weight excluding hydrogens is 347 g/mol. The Labute approximate surface area is 138 Å². The molecule has 3 N–H and O–H groups in total. The van der Waals surface area contributed by atoms with E-state index < -0.39 is 15.9 Å². The van der Waals surface area contributed by atoms with E-state index in [0.29, 0.717) is 10.6 Å². The first-order valence-corrected chi connectivity index (χ1v) is 8.33. The third-order valence-corrected chi connectivity index (χ3v) is 5.07. The normalized spacial score (nSPS) is 11.2. The van der Waals surface area contributed by atoms with Crippen LogP contribution in [-0.4, -0.2) is 14.3 Å². The summed E-state index contributed by atoms with van der Waals surface area (Å²) in [6, 6.07) is 8.49. The molecule has 0 saturated heterocycles. The lowest BCUT2D eigenvalue weighted by atomic mass is 10.1. The van der Waals surface area contributed by atoms with E-state index in [4.69, 9.17) is 28.9 Å². The molecule has 0 unspecified atom stereocenters. The zero-order valence-electron chi connectivity index (χ0n) is 11.4. The van der Waals surface area contributed by atoms with Crippen LogP contribution in [0.2, 0.25) is 10.0 Å². The van der Waals surface area contributed by atoms with Gasteiger partial charge < -0.3 is 5.73 Å². The highest BCUT2D eigenvalue weighted by molar-refractivity contribution is 7.92. The van der Waals surface area contributed by atoms with Crippen LogP contribution < -0.4 is 10.5 Å². The lowest BCUT2D eigenvalue weighted by Gasteiger charge is -2.10. The molecule has 0 aliphatic heterocycles. The lowest BCUT2D eigenvalue weighted by molar-refractivity contribution is 0.0999. The van der Waals surface area contributed by atoms with Crippen molar-refractivity contribution >= 4 is 44.8 Å². The lowest BCUT2D eigenvalue weighted by Crippen LogP contribution is -2.17. The Morgan fingerprint density at radius 3 is 2.36 bits per heavy atom. The third kappa shape index (κ3) is 3.52. The van der Waals surface area contributed by atoms with Crippen LogP contribution in [0.1, 0.15) is 15.9 Å². The number of benzene rings is 2. The van der Waals surface area contributed by atoms with Crippen molar-refractivity contribution in [2.24, 2.45) is 5.73 Å². The summed E-state index contributed by atoms with van der Waals surface area (Å²) in [5.41, 5.74) is 6.24. The van der Waals surface area contributed by atoms with Crippen LogP contribution in [-0.2, 0) is 10.0 Å². The molecule has 2 aromatic rings. The van der Waals surface area contributed by atoms with Gasteiger partial charge in [0.1, 0.15) is 0 Å². The van der Waals surface area contributed by atoms with Gasteiger partial charge in [-0.3, -0.25) is 9.52 Å². The van der Waals surface area contributed by atoms with Crippen molar-refractivity contribution in [2.75, 3.05) is 4.72 Å². The van der Waals surface area contributed by atoms with E-state index in [2.05, 4.69) is 4.72 Å². The van der Waals surface area contributed by atoms with Crippen molar-refractivity contribution in [1.29, 1.82) is 0 Å². The predicted molar refractivity (Wildman–Crippen MR) is 87.0 cm³/mol. The summed E-state index contributed by atoms with van der Waals surface area (Å²) in [5.74, 6) is -0.691. The first-order valence-electron chi connectivity index (χ1n) is 6.09. The number of halogens is 2. The Bertz CT molecular complexity index is 851. The molecule has 2 aromatic carbocycles. The minimum Gasteiger partial charge on any atom is -0.366 e. The van der Waals surface area contributed by atoms with Gasteiger partial charge in [0.15, 0.2) is 0 Å². The summed E-state index contributed by atoms with van der Waals surface area (Å²) in [6.45, 7) is 1.67. The van der Waals surface area contributed by atoms with Crippen molar-refractivity contribution in [3.8, 4) is 0 Å². The summed E-state index contributed by atoms with van der Waals surface area (Å²) in [5, 5.41) is 0.541. The minimum atomic E-state index is -3.88. The van der Waals surface area contributed by atoms with Crippen LogP contribution in [0, 0.1) is 6.92 Å². The van der Waals surface area contributed by atoms with Crippen molar-refractivity contribution < 1.29 is 13.2 Å². The molecule has 0 fully saturated rings. The van der Waals surface area contributed by atoms with E-state index in [1.54, 1.807) is 6.92 Å². The van der Waals surface area contributed by atoms with Crippen molar-refractivity contribution in [3.05, 3.63) is 57.6 Å². The molecule has 0 saturated carbocycles. The molecule has 0 atom stereocenters. The molecule has 0 aliphatic carbocycles. The van der Waals surface area contributed by atoms with Gasteiger partial charge in [0, 0.05) is 5.56 Å². The maximum atomic E-state index is 12.3. The van der Waals surface area contributed by atoms with E-state index >= 15 is 0 Å². The Morgan fingerprint density at radius 1 is 1.09 bits per heavy atom. The Balaban J connectivity index is 2.40. The average Bonchev–Trinajstić information content (AvgIpc) is 2.42. The third-order valence-electron chi connectivity index (χ3n) is 2.96. The number of carbonyl (C=O) groups excluding carboxylic acids is 1. The van der Waals surface area contributed by atoms with Crippen molar-refractivity contribution in [1.82, 2.24) is 0 Å². The molecule has 116 valence electrons. The molecule has 22 heavy (non-hydrogen) atoms. The molecule has 2 rings (SSSR count). The number of anilines is 1. The summed E-state index contributed by atoms with van der Waals surface area (Å²) >= 11 is 11.6. The second-order valence-electron chi connectivity index (χ2n) is 4.58. The van der Waals surface area contributed by atoms with Gasteiger partial charge in [-0.2, -0.15) is 0 Å². The van der Waals surface area contributed by atoms with Gasteiger partial charge in [-0.1, -0.05) is 29.3 Å². The summed E-state index contributed by atoms with van der Waals surface area (Å²) in [6.07, 6.45) is 0. The van der Waals surface area contributed by atoms with E-state index in [-0.39, 0.29) is 21.2 Å². The zero-order chi connectivity index (χ0) is 16.5. The largest absolute Gasteiger partial charge is 0.366 e. The Kier molecular flexibility index (Phi) is 4.65. The summed E-state index contributed by atoms with van der Waals surface area (Å²) < 4.78 is 27.1. The van der Waals surface area contributed by atoms with Crippen LogP contribution in [0.4, 0.5) is 5.69 Å². The number of sulfonamides is 1. The van der Waals surface area contributed by atoms with Gasteiger partial charge in [0.2, 0.25) is 5.91 Å². The Hall–Kier alpha value is -1.76. The maximum absolute atomic E-state index is 12.3. The number of hydrogen-bond acceptors (Lipinski definition) is 3. The number of primary amides is 1. The highest BCUT2D eigenvalue weighted by atomic mass is 35.5. The maximum Gasteiger partial charge on any atom is 0.261 e. The summed E-state index contributed by atoms with van der Waals surface area (Å²) in [7, 11) is -3.88. The van der Waals surface area contributed by atoms with Crippen LogP contribution in [0.5, 0.6) is 0 Å². The van der Waals surface area contributed by atoms with Crippen molar-refractivity contribution in [2.45, 2.75) is 11.8 Å². The van der Waals surface area contributed by atoms with Gasteiger partial charge in [-0.25, -0.2) is 8.42 Å². The first-order chi connectivity index (χ1) is 10.2. The van der Waals surface area contributed by atoms with Gasteiger partial charge in [-0.15, -0.1) is 0 Å². The number of hydrogen-bond donors (Lipinski definition) is 2. The van der Waals surface area contributed by atoms with Gasteiger partial charge >= 0.3 is 0 Å². The monoisotopic (exact) mass is 358 g/mol. The molecular formula is C14H12Cl2N2O3S.